The standard InChI is InChI=1S/C19H24N6O3/c1-10(2)25-11(3)18(27)24(4)14-9-21-19(23-17(14)25)22-13-7-6-12(16(20)26)8-15(13)28-5/h6-11H,1-5H3,(H2,20,26)(H,21,22,23)/t11-/m1/s1. The summed E-state index contributed by atoms with van der Waals surface area (Å²) in [5, 5.41) is 3.11. The van der Waals surface area contributed by atoms with Gasteiger partial charge in [-0.25, -0.2) is 4.98 Å². The summed E-state index contributed by atoms with van der Waals surface area (Å²) in [6, 6.07) is 4.59. The van der Waals surface area contributed by atoms with Crippen LogP contribution in [0.2, 0.25) is 0 Å². The summed E-state index contributed by atoms with van der Waals surface area (Å²) in [7, 11) is 3.22. The van der Waals surface area contributed by atoms with Gasteiger partial charge in [0.2, 0.25) is 17.8 Å². The van der Waals surface area contributed by atoms with Gasteiger partial charge in [-0.15, -0.1) is 0 Å². The average molecular weight is 384 g/mol. The van der Waals surface area contributed by atoms with Gasteiger partial charge in [0, 0.05) is 18.7 Å². The Hall–Kier alpha value is -3.36. The van der Waals surface area contributed by atoms with Crippen LogP contribution in [0.4, 0.5) is 23.1 Å². The second-order valence-electron chi connectivity index (χ2n) is 6.88. The number of fused-ring (bicyclic) bond motifs is 1. The zero-order valence-corrected chi connectivity index (χ0v) is 16.6. The highest BCUT2D eigenvalue weighted by atomic mass is 16.5. The van der Waals surface area contributed by atoms with Crippen molar-refractivity contribution in [2.45, 2.75) is 32.9 Å². The van der Waals surface area contributed by atoms with Crippen molar-refractivity contribution in [3.05, 3.63) is 30.0 Å². The average Bonchev–Trinajstić information content (AvgIpc) is 2.66. The van der Waals surface area contributed by atoms with Crippen LogP contribution in [0.5, 0.6) is 5.75 Å². The number of aromatic nitrogens is 2. The van der Waals surface area contributed by atoms with E-state index in [2.05, 4.69) is 15.3 Å². The Morgan fingerprint density at radius 1 is 1.36 bits per heavy atom. The van der Waals surface area contributed by atoms with Crippen LogP contribution in [0.3, 0.4) is 0 Å². The van der Waals surface area contributed by atoms with Gasteiger partial charge in [-0.05, 0) is 39.0 Å². The van der Waals surface area contributed by atoms with Gasteiger partial charge in [0.05, 0.1) is 19.0 Å². The van der Waals surface area contributed by atoms with E-state index in [1.54, 1.807) is 36.3 Å². The van der Waals surface area contributed by atoms with E-state index in [1.165, 1.54) is 7.11 Å². The van der Waals surface area contributed by atoms with E-state index in [0.717, 1.165) is 0 Å². The van der Waals surface area contributed by atoms with Crippen LogP contribution in [0.1, 0.15) is 31.1 Å². The van der Waals surface area contributed by atoms with Gasteiger partial charge in [-0.3, -0.25) is 9.59 Å². The van der Waals surface area contributed by atoms with Gasteiger partial charge in [-0.2, -0.15) is 4.98 Å². The van der Waals surface area contributed by atoms with Gasteiger partial charge < -0.3 is 25.6 Å². The molecule has 3 rings (SSSR count). The molecule has 9 heteroatoms. The van der Waals surface area contributed by atoms with E-state index in [9.17, 15) is 9.59 Å². The Bertz CT molecular complexity index is 930. The second kappa shape index (κ2) is 7.34. The van der Waals surface area contributed by atoms with Crippen molar-refractivity contribution in [2.75, 3.05) is 29.3 Å². The van der Waals surface area contributed by atoms with E-state index >= 15 is 0 Å². The van der Waals surface area contributed by atoms with Crippen molar-refractivity contribution in [3.8, 4) is 5.75 Å². The number of nitrogens with one attached hydrogen (secondary N) is 1. The van der Waals surface area contributed by atoms with Crippen LogP contribution in [0.15, 0.2) is 24.4 Å². The lowest BCUT2D eigenvalue weighted by Crippen LogP contribution is -2.53. The smallest absolute Gasteiger partial charge is 0.249 e. The normalized spacial score (nSPS) is 16.2. The first kappa shape index (κ1) is 19.4. The number of hydrogen-bond acceptors (Lipinski definition) is 7. The summed E-state index contributed by atoms with van der Waals surface area (Å²) in [6.07, 6.45) is 1.62. The number of likely N-dealkylation sites (N-methyl/N-ethyl adjacent to an activating group) is 1. The predicted molar refractivity (Wildman–Crippen MR) is 107 cm³/mol. The van der Waals surface area contributed by atoms with Crippen LogP contribution >= 0.6 is 0 Å². The highest BCUT2D eigenvalue weighted by Gasteiger charge is 2.36. The molecule has 0 bridgehead atoms. The summed E-state index contributed by atoms with van der Waals surface area (Å²) < 4.78 is 5.34. The van der Waals surface area contributed by atoms with Crippen molar-refractivity contribution in [2.24, 2.45) is 5.73 Å². The number of amides is 2. The largest absolute Gasteiger partial charge is 0.495 e. The van der Waals surface area contributed by atoms with Crippen molar-refractivity contribution in [3.63, 3.8) is 0 Å². The number of carbonyl (C=O) groups excluding carboxylic acids is 2. The van der Waals surface area contributed by atoms with E-state index in [4.69, 9.17) is 10.5 Å². The fraction of sp³-hybridized carbons (Fsp3) is 0.368. The maximum absolute atomic E-state index is 12.5. The lowest BCUT2D eigenvalue weighted by Gasteiger charge is -2.41. The lowest BCUT2D eigenvalue weighted by atomic mass is 10.1. The Kier molecular flexibility index (Phi) is 5.08. The number of anilines is 4. The number of rotatable bonds is 5. The molecule has 2 amide bonds. The third-order valence-corrected chi connectivity index (χ3v) is 4.75. The summed E-state index contributed by atoms with van der Waals surface area (Å²) >= 11 is 0. The molecule has 1 aromatic heterocycles. The third-order valence-electron chi connectivity index (χ3n) is 4.75. The predicted octanol–water partition coefficient (Wildman–Crippen LogP) is 1.91. The zero-order chi connectivity index (χ0) is 20.6. The fourth-order valence-corrected chi connectivity index (χ4v) is 3.31. The first-order valence-corrected chi connectivity index (χ1v) is 8.92. The first-order chi connectivity index (χ1) is 13.2. The zero-order valence-electron chi connectivity index (χ0n) is 16.6. The molecule has 0 unspecified atom stereocenters. The molecule has 1 aliphatic heterocycles. The second-order valence-corrected chi connectivity index (χ2v) is 6.88. The fourth-order valence-electron chi connectivity index (χ4n) is 3.31. The molecule has 0 radical (unpaired) electrons. The van der Waals surface area contributed by atoms with Crippen LogP contribution in [0, 0.1) is 0 Å². The van der Waals surface area contributed by atoms with E-state index in [1.807, 2.05) is 25.7 Å². The topological polar surface area (TPSA) is 114 Å². The van der Waals surface area contributed by atoms with Crippen LogP contribution in [-0.2, 0) is 4.79 Å². The molecular weight excluding hydrogens is 360 g/mol. The lowest BCUT2D eigenvalue weighted by molar-refractivity contribution is -0.119. The Labute approximate surface area is 163 Å². The molecule has 0 fully saturated rings. The van der Waals surface area contributed by atoms with Crippen LogP contribution < -0.4 is 25.6 Å². The highest BCUT2D eigenvalue weighted by Crippen LogP contribution is 2.36. The van der Waals surface area contributed by atoms with Gasteiger partial charge in [0.15, 0.2) is 5.82 Å². The number of nitrogens with two attached hydrogens (primary N) is 1. The Balaban J connectivity index is 2.00. The minimum absolute atomic E-state index is 0.00535. The molecule has 2 heterocycles. The molecule has 1 atom stereocenters. The summed E-state index contributed by atoms with van der Waals surface area (Å²) in [5.74, 6) is 0.927. The maximum atomic E-state index is 12.5. The van der Waals surface area contributed by atoms with Crippen LogP contribution in [-0.4, -0.2) is 48.0 Å². The van der Waals surface area contributed by atoms with Gasteiger partial charge in [0.1, 0.15) is 17.5 Å². The number of nitrogens with zero attached hydrogens (tertiary/aromatic N) is 4. The molecule has 3 N–H and O–H groups in total. The minimum atomic E-state index is -0.538. The van der Waals surface area contributed by atoms with Crippen molar-refractivity contribution < 1.29 is 14.3 Å². The molecule has 0 spiro atoms. The monoisotopic (exact) mass is 384 g/mol. The molecule has 1 aromatic carbocycles. The molecule has 2 aromatic rings. The van der Waals surface area contributed by atoms with Crippen LogP contribution in [0.25, 0.3) is 0 Å². The molecule has 1 aliphatic rings. The van der Waals surface area contributed by atoms with Crippen molar-refractivity contribution >= 4 is 35.0 Å². The number of carbonyl (C=O) groups is 2. The van der Waals surface area contributed by atoms with E-state index in [-0.39, 0.29) is 18.0 Å². The minimum Gasteiger partial charge on any atom is -0.495 e. The van der Waals surface area contributed by atoms with Crippen molar-refractivity contribution in [1.29, 1.82) is 0 Å². The van der Waals surface area contributed by atoms with Crippen molar-refractivity contribution in [1.82, 2.24) is 9.97 Å². The number of ether oxygens (including phenoxy) is 1. The third kappa shape index (κ3) is 3.30. The molecule has 28 heavy (non-hydrogen) atoms. The first-order valence-electron chi connectivity index (χ1n) is 8.92. The van der Waals surface area contributed by atoms with E-state index < -0.39 is 5.91 Å². The quantitative estimate of drug-likeness (QED) is 0.809. The molecule has 0 aliphatic carbocycles. The maximum Gasteiger partial charge on any atom is 0.249 e. The number of methoxy groups -OCH3 is 1. The molecule has 148 valence electrons. The Morgan fingerprint density at radius 3 is 2.68 bits per heavy atom. The van der Waals surface area contributed by atoms with Gasteiger partial charge in [-0.1, -0.05) is 0 Å². The van der Waals surface area contributed by atoms with Gasteiger partial charge >= 0.3 is 0 Å². The highest BCUT2D eigenvalue weighted by molar-refractivity contribution is 6.04. The number of primary amides is 1. The summed E-state index contributed by atoms with van der Waals surface area (Å²) in [6.45, 7) is 5.89. The van der Waals surface area contributed by atoms with E-state index in [0.29, 0.717) is 34.5 Å². The molecule has 9 nitrogen and oxygen atoms in total. The summed E-state index contributed by atoms with van der Waals surface area (Å²) in [5.41, 5.74) is 6.91. The Morgan fingerprint density at radius 2 is 2.07 bits per heavy atom. The number of benzene rings is 1. The summed E-state index contributed by atoms with van der Waals surface area (Å²) in [4.78, 5) is 36.4. The SMILES string of the molecule is COc1cc(C(N)=O)ccc1Nc1ncc2c(n1)N(C(C)C)[C@H](C)C(=O)N2C. The molecular formula is C19H24N6O3. The number of hydrogen-bond donors (Lipinski definition) is 2. The van der Waals surface area contributed by atoms with Gasteiger partial charge in [0.25, 0.3) is 0 Å². The molecule has 0 saturated carbocycles. The molecule has 0 saturated heterocycles.